The number of hydrogen-bond acceptors (Lipinski definition) is 4. The van der Waals surface area contributed by atoms with Crippen molar-refractivity contribution in [3.8, 4) is 5.75 Å². The number of anilines is 1. The van der Waals surface area contributed by atoms with Gasteiger partial charge in [0.05, 0.1) is 19.3 Å². The first-order chi connectivity index (χ1) is 12.7. The van der Waals surface area contributed by atoms with E-state index in [-0.39, 0.29) is 5.91 Å². The van der Waals surface area contributed by atoms with Crippen molar-refractivity contribution in [2.75, 3.05) is 25.2 Å². The number of carbonyl (C=O) groups is 2. The lowest BCUT2D eigenvalue weighted by atomic mass is 10.0. The van der Waals surface area contributed by atoms with E-state index in [2.05, 4.69) is 6.07 Å². The van der Waals surface area contributed by atoms with Crippen LogP contribution in [0.25, 0.3) is 0 Å². The van der Waals surface area contributed by atoms with E-state index in [0.29, 0.717) is 30.8 Å². The second kappa shape index (κ2) is 8.52. The Morgan fingerprint density at radius 3 is 2.81 bits per heavy atom. The molecule has 1 aliphatic rings. The van der Waals surface area contributed by atoms with E-state index >= 15 is 0 Å². The van der Waals surface area contributed by atoms with Crippen LogP contribution < -0.4 is 9.64 Å². The maximum atomic E-state index is 12.6. The summed E-state index contributed by atoms with van der Waals surface area (Å²) in [5.74, 6) is 0.335. The van der Waals surface area contributed by atoms with E-state index in [1.807, 2.05) is 23.1 Å². The number of hydrogen-bond donors (Lipinski definition) is 0. The number of esters is 1. The molecule has 0 bridgehead atoms. The number of benzene rings is 2. The Morgan fingerprint density at radius 1 is 1.12 bits per heavy atom. The quantitative estimate of drug-likeness (QED) is 0.588. The van der Waals surface area contributed by atoms with Crippen LogP contribution in [0.15, 0.2) is 48.5 Å². The highest BCUT2D eigenvalue weighted by Crippen LogP contribution is 2.27. The number of aryl methyl sites for hydroxylation is 1. The van der Waals surface area contributed by atoms with Crippen molar-refractivity contribution in [3.05, 3.63) is 59.7 Å². The highest BCUT2D eigenvalue weighted by Gasteiger charge is 2.21. The Morgan fingerprint density at radius 2 is 1.96 bits per heavy atom. The van der Waals surface area contributed by atoms with Crippen LogP contribution in [0.5, 0.6) is 5.75 Å². The molecule has 0 unspecified atom stereocenters. The SMILES string of the molecule is COC(=O)c1cccc(OCCCC(=O)N2CCCc3ccccc32)c1. The first-order valence-electron chi connectivity index (χ1n) is 8.88. The van der Waals surface area contributed by atoms with Gasteiger partial charge in [0.25, 0.3) is 0 Å². The van der Waals surface area contributed by atoms with Crippen molar-refractivity contribution in [1.82, 2.24) is 0 Å². The van der Waals surface area contributed by atoms with Crippen LogP contribution >= 0.6 is 0 Å². The molecule has 1 heterocycles. The normalized spacial score (nSPS) is 13.0. The van der Waals surface area contributed by atoms with Crippen molar-refractivity contribution in [2.24, 2.45) is 0 Å². The van der Waals surface area contributed by atoms with Crippen LogP contribution in [0.4, 0.5) is 5.69 Å². The molecule has 1 aliphatic heterocycles. The Labute approximate surface area is 153 Å². The Balaban J connectivity index is 1.50. The fourth-order valence-electron chi connectivity index (χ4n) is 3.17. The highest BCUT2D eigenvalue weighted by molar-refractivity contribution is 5.94. The summed E-state index contributed by atoms with van der Waals surface area (Å²) >= 11 is 0. The Bertz CT molecular complexity index is 787. The summed E-state index contributed by atoms with van der Waals surface area (Å²) in [5, 5.41) is 0. The Hall–Kier alpha value is -2.82. The molecule has 3 rings (SSSR count). The standard InChI is InChI=1S/C21H23NO4/c1-25-21(24)17-8-4-10-18(15-17)26-14-6-12-20(23)22-13-5-9-16-7-2-3-11-19(16)22/h2-4,7-8,10-11,15H,5-6,9,12-14H2,1H3. The lowest BCUT2D eigenvalue weighted by Crippen LogP contribution is -2.35. The molecule has 0 fully saturated rings. The average molecular weight is 353 g/mol. The third-order valence-electron chi connectivity index (χ3n) is 4.47. The summed E-state index contributed by atoms with van der Waals surface area (Å²) < 4.78 is 10.4. The first kappa shape index (κ1) is 18.0. The number of nitrogens with zero attached hydrogens (tertiary/aromatic N) is 1. The predicted molar refractivity (Wildman–Crippen MR) is 99.6 cm³/mol. The summed E-state index contributed by atoms with van der Waals surface area (Å²) in [5.41, 5.74) is 2.73. The zero-order chi connectivity index (χ0) is 18.4. The molecule has 0 atom stereocenters. The molecule has 0 saturated heterocycles. The van der Waals surface area contributed by atoms with Gasteiger partial charge in [0.15, 0.2) is 0 Å². The lowest BCUT2D eigenvalue weighted by Gasteiger charge is -2.29. The van der Waals surface area contributed by atoms with Crippen molar-refractivity contribution in [2.45, 2.75) is 25.7 Å². The molecule has 0 spiro atoms. The van der Waals surface area contributed by atoms with Gasteiger partial charge < -0.3 is 14.4 Å². The summed E-state index contributed by atoms with van der Waals surface area (Å²) in [7, 11) is 1.35. The van der Waals surface area contributed by atoms with E-state index < -0.39 is 5.97 Å². The second-order valence-corrected chi connectivity index (χ2v) is 6.25. The monoisotopic (exact) mass is 353 g/mol. The maximum absolute atomic E-state index is 12.6. The van der Waals surface area contributed by atoms with E-state index in [1.54, 1.807) is 24.3 Å². The number of amides is 1. The van der Waals surface area contributed by atoms with Gasteiger partial charge in [0, 0.05) is 18.7 Å². The van der Waals surface area contributed by atoms with Crippen LogP contribution in [0.1, 0.15) is 35.2 Å². The summed E-state index contributed by atoms with van der Waals surface area (Å²) in [4.78, 5) is 26.0. The van der Waals surface area contributed by atoms with Gasteiger partial charge in [-0.15, -0.1) is 0 Å². The van der Waals surface area contributed by atoms with Gasteiger partial charge in [-0.05, 0) is 49.1 Å². The molecular weight excluding hydrogens is 330 g/mol. The number of methoxy groups -OCH3 is 1. The molecule has 2 aromatic carbocycles. The smallest absolute Gasteiger partial charge is 0.337 e. The molecule has 1 amide bonds. The summed E-state index contributed by atoms with van der Waals surface area (Å²) in [6, 6.07) is 15.0. The van der Waals surface area contributed by atoms with Crippen LogP contribution in [-0.2, 0) is 16.0 Å². The van der Waals surface area contributed by atoms with Crippen molar-refractivity contribution >= 4 is 17.6 Å². The Kier molecular flexibility index (Phi) is 5.89. The zero-order valence-corrected chi connectivity index (χ0v) is 14.9. The van der Waals surface area contributed by atoms with Crippen LogP contribution in [-0.4, -0.2) is 32.1 Å². The molecule has 0 saturated carbocycles. The third-order valence-corrected chi connectivity index (χ3v) is 4.47. The fourth-order valence-corrected chi connectivity index (χ4v) is 3.17. The minimum atomic E-state index is -0.394. The van der Waals surface area contributed by atoms with E-state index in [1.165, 1.54) is 12.7 Å². The second-order valence-electron chi connectivity index (χ2n) is 6.25. The van der Waals surface area contributed by atoms with Crippen LogP contribution in [0.3, 0.4) is 0 Å². The lowest BCUT2D eigenvalue weighted by molar-refractivity contribution is -0.118. The van der Waals surface area contributed by atoms with Crippen LogP contribution in [0, 0.1) is 0 Å². The number of fused-ring (bicyclic) bond motifs is 1. The molecule has 0 aromatic heterocycles. The molecular formula is C21H23NO4. The van der Waals surface area contributed by atoms with Gasteiger partial charge in [-0.25, -0.2) is 4.79 Å². The minimum Gasteiger partial charge on any atom is -0.494 e. The average Bonchev–Trinajstić information content (AvgIpc) is 2.70. The van der Waals surface area contributed by atoms with E-state index in [9.17, 15) is 9.59 Å². The van der Waals surface area contributed by atoms with Gasteiger partial charge in [-0.3, -0.25) is 4.79 Å². The van der Waals surface area contributed by atoms with Gasteiger partial charge in [0.2, 0.25) is 5.91 Å². The number of para-hydroxylation sites is 1. The maximum Gasteiger partial charge on any atom is 0.337 e. The number of carbonyl (C=O) groups excluding carboxylic acids is 2. The summed E-state index contributed by atoms with van der Waals surface area (Å²) in [6.45, 7) is 1.20. The molecule has 136 valence electrons. The molecule has 2 aromatic rings. The molecule has 0 N–H and O–H groups in total. The van der Waals surface area contributed by atoms with Crippen molar-refractivity contribution in [3.63, 3.8) is 0 Å². The largest absolute Gasteiger partial charge is 0.494 e. The van der Waals surface area contributed by atoms with Crippen LogP contribution in [0.2, 0.25) is 0 Å². The fraction of sp³-hybridized carbons (Fsp3) is 0.333. The van der Waals surface area contributed by atoms with E-state index in [0.717, 1.165) is 25.1 Å². The minimum absolute atomic E-state index is 0.129. The van der Waals surface area contributed by atoms with E-state index in [4.69, 9.17) is 9.47 Å². The number of rotatable bonds is 6. The summed E-state index contributed by atoms with van der Waals surface area (Å²) in [6.07, 6.45) is 3.09. The molecule has 5 heteroatoms. The van der Waals surface area contributed by atoms with Gasteiger partial charge in [-0.1, -0.05) is 24.3 Å². The van der Waals surface area contributed by atoms with Crippen molar-refractivity contribution < 1.29 is 19.1 Å². The third kappa shape index (κ3) is 4.23. The van der Waals surface area contributed by atoms with Gasteiger partial charge in [-0.2, -0.15) is 0 Å². The zero-order valence-electron chi connectivity index (χ0n) is 14.9. The molecule has 0 aliphatic carbocycles. The highest BCUT2D eigenvalue weighted by atomic mass is 16.5. The van der Waals surface area contributed by atoms with Gasteiger partial charge in [0.1, 0.15) is 5.75 Å². The molecule has 26 heavy (non-hydrogen) atoms. The van der Waals surface area contributed by atoms with Crippen molar-refractivity contribution in [1.29, 1.82) is 0 Å². The molecule has 0 radical (unpaired) electrons. The first-order valence-corrected chi connectivity index (χ1v) is 8.88. The molecule has 5 nitrogen and oxygen atoms in total. The topological polar surface area (TPSA) is 55.8 Å². The predicted octanol–water partition coefficient (Wildman–Crippen LogP) is 3.61. The van der Waals surface area contributed by atoms with Gasteiger partial charge >= 0.3 is 5.97 Å². The number of ether oxygens (including phenoxy) is 2.